The fourth-order valence-electron chi connectivity index (χ4n) is 1.27. The van der Waals surface area contributed by atoms with Gasteiger partial charge in [0.25, 0.3) is 0 Å². The van der Waals surface area contributed by atoms with Crippen LogP contribution in [0.2, 0.25) is 0 Å². The minimum Gasteiger partial charge on any atom is -0.493 e. The Morgan fingerprint density at radius 3 is 2.62 bits per heavy atom. The van der Waals surface area contributed by atoms with Crippen LogP contribution in [-0.4, -0.2) is 19.6 Å². The van der Waals surface area contributed by atoms with E-state index in [2.05, 4.69) is 5.32 Å². The number of nitrogens with one attached hydrogen (secondary N) is 1. The Balaban J connectivity index is 2.88. The van der Waals surface area contributed by atoms with Crippen LogP contribution in [0.1, 0.15) is 20.3 Å². The first-order chi connectivity index (χ1) is 7.71. The maximum absolute atomic E-state index is 11.2. The molecule has 0 fully saturated rings. The van der Waals surface area contributed by atoms with Gasteiger partial charge in [0, 0.05) is 18.2 Å². The van der Waals surface area contributed by atoms with Crippen molar-refractivity contribution in [2.75, 3.05) is 19.0 Å². The summed E-state index contributed by atoms with van der Waals surface area (Å²) in [6.07, 6.45) is 0.454. The Morgan fingerprint density at radius 1 is 1.31 bits per heavy atom. The van der Waals surface area contributed by atoms with Crippen molar-refractivity contribution in [2.24, 2.45) is 0 Å². The summed E-state index contributed by atoms with van der Waals surface area (Å²) in [5.74, 6) is 1.28. The van der Waals surface area contributed by atoms with Gasteiger partial charge in [0.2, 0.25) is 5.91 Å². The van der Waals surface area contributed by atoms with E-state index in [1.165, 1.54) is 0 Å². The largest absolute Gasteiger partial charge is 0.493 e. The van der Waals surface area contributed by atoms with Crippen molar-refractivity contribution in [1.82, 2.24) is 0 Å². The first-order valence-electron chi connectivity index (χ1n) is 5.32. The average Bonchev–Trinajstić information content (AvgIpc) is 2.30. The van der Waals surface area contributed by atoms with Crippen LogP contribution < -0.4 is 14.8 Å². The topological polar surface area (TPSA) is 47.6 Å². The molecule has 1 N–H and O–H groups in total. The van der Waals surface area contributed by atoms with Crippen LogP contribution in [0.15, 0.2) is 18.2 Å². The summed E-state index contributed by atoms with van der Waals surface area (Å²) >= 11 is 0. The van der Waals surface area contributed by atoms with Gasteiger partial charge in [0.15, 0.2) is 11.5 Å². The number of amides is 1. The molecule has 0 aliphatic heterocycles. The summed E-state index contributed by atoms with van der Waals surface area (Å²) in [6.45, 7) is 4.26. The number of carbonyl (C=O) groups is 1. The molecule has 16 heavy (non-hydrogen) atoms. The third-order valence-electron chi connectivity index (χ3n) is 2.07. The second-order valence-electron chi connectivity index (χ2n) is 3.20. The van der Waals surface area contributed by atoms with Crippen molar-refractivity contribution in [3.05, 3.63) is 18.2 Å². The number of methoxy groups -OCH3 is 1. The summed E-state index contributed by atoms with van der Waals surface area (Å²) in [5, 5.41) is 2.77. The van der Waals surface area contributed by atoms with Gasteiger partial charge < -0.3 is 14.8 Å². The van der Waals surface area contributed by atoms with Gasteiger partial charge in [0.05, 0.1) is 13.7 Å². The molecule has 1 aromatic carbocycles. The fraction of sp³-hybridized carbons (Fsp3) is 0.417. The van der Waals surface area contributed by atoms with E-state index in [9.17, 15) is 4.79 Å². The zero-order chi connectivity index (χ0) is 12.0. The molecule has 88 valence electrons. The molecule has 4 nitrogen and oxygen atoms in total. The molecule has 0 saturated heterocycles. The second kappa shape index (κ2) is 6.00. The van der Waals surface area contributed by atoms with E-state index in [-0.39, 0.29) is 5.91 Å². The monoisotopic (exact) mass is 223 g/mol. The summed E-state index contributed by atoms with van der Waals surface area (Å²) < 4.78 is 10.6. The van der Waals surface area contributed by atoms with Crippen molar-refractivity contribution < 1.29 is 14.3 Å². The van der Waals surface area contributed by atoms with Crippen LogP contribution in [0.3, 0.4) is 0 Å². The fourth-order valence-corrected chi connectivity index (χ4v) is 1.27. The van der Waals surface area contributed by atoms with E-state index in [1.807, 2.05) is 13.8 Å². The van der Waals surface area contributed by atoms with Crippen LogP contribution in [0.5, 0.6) is 11.5 Å². The van der Waals surface area contributed by atoms with Gasteiger partial charge in [-0.15, -0.1) is 0 Å². The van der Waals surface area contributed by atoms with E-state index in [4.69, 9.17) is 9.47 Å². The van der Waals surface area contributed by atoms with Crippen molar-refractivity contribution in [1.29, 1.82) is 0 Å². The van der Waals surface area contributed by atoms with Crippen LogP contribution >= 0.6 is 0 Å². The third kappa shape index (κ3) is 3.15. The maximum Gasteiger partial charge on any atom is 0.224 e. The van der Waals surface area contributed by atoms with Gasteiger partial charge in [-0.3, -0.25) is 4.79 Å². The molecule has 1 aromatic rings. The lowest BCUT2D eigenvalue weighted by Gasteiger charge is -2.11. The van der Waals surface area contributed by atoms with Crippen LogP contribution in [0, 0.1) is 0 Å². The second-order valence-corrected chi connectivity index (χ2v) is 3.20. The van der Waals surface area contributed by atoms with Crippen LogP contribution in [0.25, 0.3) is 0 Å². The molecule has 0 unspecified atom stereocenters. The summed E-state index contributed by atoms with van der Waals surface area (Å²) in [5.41, 5.74) is 0.719. The predicted octanol–water partition coefficient (Wildman–Crippen LogP) is 2.44. The van der Waals surface area contributed by atoms with Gasteiger partial charge >= 0.3 is 0 Å². The van der Waals surface area contributed by atoms with Crippen LogP contribution in [-0.2, 0) is 4.79 Å². The quantitative estimate of drug-likeness (QED) is 0.834. The lowest BCUT2D eigenvalue weighted by atomic mass is 10.2. The van der Waals surface area contributed by atoms with E-state index in [0.29, 0.717) is 24.5 Å². The number of carbonyl (C=O) groups excluding carboxylic acids is 1. The minimum absolute atomic E-state index is 0.0207. The molecule has 0 heterocycles. The van der Waals surface area contributed by atoms with E-state index < -0.39 is 0 Å². The first kappa shape index (κ1) is 12.4. The van der Waals surface area contributed by atoms with Crippen molar-refractivity contribution >= 4 is 11.6 Å². The molecule has 0 saturated carbocycles. The Kier molecular flexibility index (Phi) is 4.64. The zero-order valence-corrected chi connectivity index (χ0v) is 9.87. The van der Waals surface area contributed by atoms with Gasteiger partial charge in [-0.2, -0.15) is 0 Å². The molecule has 1 amide bonds. The summed E-state index contributed by atoms with van der Waals surface area (Å²) in [7, 11) is 1.59. The van der Waals surface area contributed by atoms with Crippen molar-refractivity contribution in [3.63, 3.8) is 0 Å². The molecule has 0 atom stereocenters. The van der Waals surface area contributed by atoms with Crippen LogP contribution in [0.4, 0.5) is 5.69 Å². The average molecular weight is 223 g/mol. The molecule has 0 aliphatic rings. The van der Waals surface area contributed by atoms with Gasteiger partial charge in [-0.05, 0) is 19.1 Å². The molecular formula is C12H17NO3. The molecule has 0 spiro atoms. The first-order valence-corrected chi connectivity index (χ1v) is 5.32. The Hall–Kier alpha value is -1.71. The Labute approximate surface area is 95.6 Å². The lowest BCUT2D eigenvalue weighted by molar-refractivity contribution is -0.115. The molecule has 0 aromatic heterocycles. The Morgan fingerprint density at radius 2 is 2.06 bits per heavy atom. The number of anilines is 1. The highest BCUT2D eigenvalue weighted by atomic mass is 16.5. The summed E-state index contributed by atoms with van der Waals surface area (Å²) in [6, 6.07) is 5.32. The van der Waals surface area contributed by atoms with Gasteiger partial charge in [-0.1, -0.05) is 6.92 Å². The highest BCUT2D eigenvalue weighted by molar-refractivity contribution is 5.90. The molecule has 1 rings (SSSR count). The van der Waals surface area contributed by atoms with E-state index in [1.54, 1.807) is 25.3 Å². The number of hydrogen-bond donors (Lipinski definition) is 1. The highest BCUT2D eigenvalue weighted by Gasteiger charge is 2.06. The maximum atomic E-state index is 11.2. The van der Waals surface area contributed by atoms with Crippen molar-refractivity contribution in [2.45, 2.75) is 20.3 Å². The Bertz CT molecular complexity index is 363. The van der Waals surface area contributed by atoms with E-state index in [0.717, 1.165) is 5.69 Å². The predicted molar refractivity (Wildman–Crippen MR) is 63.1 cm³/mol. The standard InChI is InChI=1S/C12H17NO3/c1-4-12(14)13-9-6-7-10(15-3)11(8-9)16-5-2/h6-8H,4-5H2,1-3H3,(H,13,14). The SMILES string of the molecule is CCOc1cc(NC(=O)CC)ccc1OC. The van der Waals surface area contributed by atoms with Crippen molar-refractivity contribution in [3.8, 4) is 11.5 Å². The van der Waals surface area contributed by atoms with Gasteiger partial charge in [-0.25, -0.2) is 0 Å². The molecule has 0 bridgehead atoms. The molecule has 0 aliphatic carbocycles. The lowest BCUT2D eigenvalue weighted by Crippen LogP contribution is -2.09. The highest BCUT2D eigenvalue weighted by Crippen LogP contribution is 2.30. The number of ether oxygens (including phenoxy) is 2. The van der Waals surface area contributed by atoms with E-state index >= 15 is 0 Å². The number of hydrogen-bond acceptors (Lipinski definition) is 3. The van der Waals surface area contributed by atoms with Gasteiger partial charge in [0.1, 0.15) is 0 Å². The molecule has 0 radical (unpaired) electrons. The molecule has 4 heteroatoms. The normalized spacial score (nSPS) is 9.69. The minimum atomic E-state index is -0.0207. The third-order valence-corrected chi connectivity index (χ3v) is 2.07. The number of benzene rings is 1. The smallest absolute Gasteiger partial charge is 0.224 e. The zero-order valence-electron chi connectivity index (χ0n) is 9.87. The molecular weight excluding hydrogens is 206 g/mol. The number of rotatable bonds is 5. The summed E-state index contributed by atoms with van der Waals surface area (Å²) in [4.78, 5) is 11.2.